The van der Waals surface area contributed by atoms with E-state index in [1.165, 1.54) is 0 Å². The number of rotatable bonds is 6. The number of amides is 2. The summed E-state index contributed by atoms with van der Waals surface area (Å²) in [5, 5.41) is 4.71. The number of carbonyl (C=O) groups excluding carboxylic acids is 6. The first-order chi connectivity index (χ1) is 12.3. The molecule has 2 amide bonds. The number of hydrogen-bond donors (Lipinski definition) is 3. The summed E-state index contributed by atoms with van der Waals surface area (Å²) < 4.78 is 9.14. The standard InChI is InChI=1S/C15H19N3O8/c16-7(13(22)26-15(24)9-3-5-11(20)18-9)1-6-12(21)25-14(23)8-2-4-10(19)17-8/h7-9H,1-6,16H2,(H,17,19)(H,18,20)/t7-,8-,9-/m0/s1. The maximum atomic E-state index is 11.7. The number of esters is 4. The average molecular weight is 369 g/mol. The van der Waals surface area contributed by atoms with Crippen LogP contribution in [-0.2, 0) is 38.2 Å². The second kappa shape index (κ2) is 8.52. The highest BCUT2D eigenvalue weighted by Crippen LogP contribution is 2.11. The summed E-state index contributed by atoms with van der Waals surface area (Å²) in [4.78, 5) is 68.7. The maximum absolute atomic E-state index is 11.7. The molecule has 0 radical (unpaired) electrons. The van der Waals surface area contributed by atoms with Gasteiger partial charge in [-0.05, 0) is 19.3 Å². The smallest absolute Gasteiger partial charge is 0.336 e. The highest BCUT2D eigenvalue weighted by Gasteiger charge is 2.32. The Kier molecular flexibility index (Phi) is 6.39. The molecular formula is C15H19N3O8. The Bertz CT molecular complexity index is 647. The van der Waals surface area contributed by atoms with Crippen LogP contribution in [0.4, 0.5) is 0 Å². The summed E-state index contributed by atoms with van der Waals surface area (Å²) in [6.07, 6.45) is 0.272. The monoisotopic (exact) mass is 369 g/mol. The quantitative estimate of drug-likeness (QED) is 0.347. The molecule has 2 fully saturated rings. The van der Waals surface area contributed by atoms with Crippen molar-refractivity contribution < 1.29 is 38.2 Å². The third-order valence-corrected chi connectivity index (χ3v) is 3.94. The lowest BCUT2D eigenvalue weighted by atomic mass is 10.1. The van der Waals surface area contributed by atoms with Gasteiger partial charge in [-0.2, -0.15) is 0 Å². The van der Waals surface area contributed by atoms with Gasteiger partial charge in [-0.1, -0.05) is 0 Å². The molecule has 4 N–H and O–H groups in total. The molecule has 11 nitrogen and oxygen atoms in total. The van der Waals surface area contributed by atoms with Gasteiger partial charge in [0.15, 0.2) is 0 Å². The van der Waals surface area contributed by atoms with Crippen LogP contribution in [0.15, 0.2) is 0 Å². The van der Waals surface area contributed by atoms with E-state index in [1.807, 2.05) is 0 Å². The highest BCUT2D eigenvalue weighted by molar-refractivity contribution is 5.95. The minimum atomic E-state index is -1.27. The zero-order valence-electron chi connectivity index (χ0n) is 13.8. The fraction of sp³-hybridized carbons (Fsp3) is 0.600. The minimum absolute atomic E-state index is 0.168. The van der Waals surface area contributed by atoms with Crippen molar-refractivity contribution in [1.29, 1.82) is 0 Å². The second-order valence-corrected chi connectivity index (χ2v) is 6.00. The number of hydrogen-bond acceptors (Lipinski definition) is 9. The van der Waals surface area contributed by atoms with E-state index in [-0.39, 0.29) is 50.3 Å². The molecule has 2 aliphatic heterocycles. The van der Waals surface area contributed by atoms with E-state index >= 15 is 0 Å². The molecule has 3 atom stereocenters. The van der Waals surface area contributed by atoms with Crippen LogP contribution in [0.2, 0.25) is 0 Å². The molecule has 0 bridgehead atoms. The lowest BCUT2D eigenvalue weighted by molar-refractivity contribution is -0.162. The lowest BCUT2D eigenvalue weighted by Gasteiger charge is -2.13. The van der Waals surface area contributed by atoms with Crippen molar-refractivity contribution in [2.45, 2.75) is 56.7 Å². The van der Waals surface area contributed by atoms with E-state index < -0.39 is 42.0 Å². The molecule has 2 aliphatic rings. The normalized spacial score (nSPS) is 23.0. The van der Waals surface area contributed by atoms with Crippen molar-refractivity contribution in [3.63, 3.8) is 0 Å². The topological polar surface area (TPSA) is 171 Å². The van der Waals surface area contributed by atoms with Gasteiger partial charge in [-0.3, -0.25) is 14.4 Å². The van der Waals surface area contributed by atoms with E-state index in [2.05, 4.69) is 20.1 Å². The molecule has 2 rings (SSSR count). The Morgan fingerprint density at radius 2 is 1.46 bits per heavy atom. The van der Waals surface area contributed by atoms with E-state index in [1.54, 1.807) is 0 Å². The zero-order chi connectivity index (χ0) is 19.3. The zero-order valence-corrected chi connectivity index (χ0v) is 13.8. The molecule has 142 valence electrons. The van der Waals surface area contributed by atoms with Crippen LogP contribution in [0, 0.1) is 0 Å². The summed E-state index contributed by atoms with van der Waals surface area (Å²) in [5.41, 5.74) is 5.55. The van der Waals surface area contributed by atoms with Gasteiger partial charge in [-0.15, -0.1) is 0 Å². The molecule has 0 unspecified atom stereocenters. The van der Waals surface area contributed by atoms with Crippen molar-refractivity contribution >= 4 is 35.7 Å². The van der Waals surface area contributed by atoms with Crippen LogP contribution < -0.4 is 16.4 Å². The molecule has 0 spiro atoms. The molecule has 0 aromatic heterocycles. The number of carbonyl (C=O) groups is 6. The molecular weight excluding hydrogens is 350 g/mol. The van der Waals surface area contributed by atoms with Crippen LogP contribution in [0.1, 0.15) is 38.5 Å². The molecule has 0 aromatic carbocycles. The Balaban J connectivity index is 1.69. The van der Waals surface area contributed by atoms with Crippen molar-refractivity contribution in [3.8, 4) is 0 Å². The van der Waals surface area contributed by atoms with Crippen LogP contribution in [0.3, 0.4) is 0 Å². The van der Waals surface area contributed by atoms with Gasteiger partial charge in [0, 0.05) is 19.3 Å². The van der Waals surface area contributed by atoms with Crippen LogP contribution in [0.5, 0.6) is 0 Å². The third-order valence-electron chi connectivity index (χ3n) is 3.94. The average Bonchev–Trinajstić information content (AvgIpc) is 3.21. The predicted molar refractivity (Wildman–Crippen MR) is 81.7 cm³/mol. The van der Waals surface area contributed by atoms with Gasteiger partial charge in [0.25, 0.3) is 0 Å². The molecule has 0 saturated carbocycles. The first-order valence-electron chi connectivity index (χ1n) is 8.10. The summed E-state index contributed by atoms with van der Waals surface area (Å²) in [6.45, 7) is 0. The minimum Gasteiger partial charge on any atom is -0.392 e. The van der Waals surface area contributed by atoms with Gasteiger partial charge in [-0.25, -0.2) is 14.4 Å². The Hall–Kier alpha value is -2.82. The van der Waals surface area contributed by atoms with Crippen molar-refractivity contribution in [2.24, 2.45) is 5.73 Å². The maximum Gasteiger partial charge on any atom is 0.336 e. The van der Waals surface area contributed by atoms with Crippen molar-refractivity contribution in [2.75, 3.05) is 0 Å². The number of nitrogens with one attached hydrogen (secondary N) is 2. The van der Waals surface area contributed by atoms with Gasteiger partial charge >= 0.3 is 23.9 Å². The summed E-state index contributed by atoms with van der Waals surface area (Å²) in [5.74, 6) is -4.34. The van der Waals surface area contributed by atoms with Crippen molar-refractivity contribution in [1.82, 2.24) is 10.6 Å². The van der Waals surface area contributed by atoms with E-state index in [9.17, 15) is 28.8 Å². The second-order valence-electron chi connectivity index (χ2n) is 6.00. The van der Waals surface area contributed by atoms with E-state index in [4.69, 9.17) is 5.73 Å². The van der Waals surface area contributed by atoms with Crippen LogP contribution >= 0.6 is 0 Å². The largest absolute Gasteiger partial charge is 0.392 e. The van der Waals surface area contributed by atoms with Gasteiger partial charge in [0.1, 0.15) is 18.1 Å². The summed E-state index contributed by atoms with van der Waals surface area (Å²) >= 11 is 0. The fourth-order valence-corrected chi connectivity index (χ4v) is 2.45. The molecule has 26 heavy (non-hydrogen) atoms. The van der Waals surface area contributed by atoms with E-state index in [0.717, 1.165) is 0 Å². The Morgan fingerprint density at radius 3 is 1.92 bits per heavy atom. The highest BCUT2D eigenvalue weighted by atomic mass is 16.6. The molecule has 0 aliphatic carbocycles. The SMILES string of the molecule is N[C@@H](CCC(=O)OC(=O)[C@@H]1CCC(=O)N1)C(=O)OC(=O)[C@@H]1CCC(=O)N1. The predicted octanol–water partition coefficient (Wildman–Crippen LogP) is -2.21. The van der Waals surface area contributed by atoms with Gasteiger partial charge in [0.2, 0.25) is 11.8 Å². The lowest BCUT2D eigenvalue weighted by Crippen LogP contribution is -2.40. The summed E-state index contributed by atoms with van der Waals surface area (Å²) in [6, 6.07) is -3.02. The Labute approximate surface area is 147 Å². The fourth-order valence-electron chi connectivity index (χ4n) is 2.45. The van der Waals surface area contributed by atoms with Crippen molar-refractivity contribution in [3.05, 3.63) is 0 Å². The molecule has 0 aromatic rings. The summed E-state index contributed by atoms with van der Waals surface area (Å²) in [7, 11) is 0. The number of ether oxygens (including phenoxy) is 2. The molecule has 2 heterocycles. The van der Waals surface area contributed by atoms with Crippen LogP contribution in [0.25, 0.3) is 0 Å². The number of nitrogens with two attached hydrogens (primary N) is 1. The van der Waals surface area contributed by atoms with Crippen LogP contribution in [-0.4, -0.2) is 53.8 Å². The first kappa shape index (κ1) is 19.5. The first-order valence-corrected chi connectivity index (χ1v) is 8.10. The molecule has 2 saturated heterocycles. The third kappa shape index (κ3) is 5.34. The van der Waals surface area contributed by atoms with Gasteiger partial charge in [0.05, 0.1) is 0 Å². The van der Waals surface area contributed by atoms with E-state index in [0.29, 0.717) is 0 Å². The molecule has 11 heteroatoms. The van der Waals surface area contributed by atoms with Gasteiger partial charge < -0.3 is 25.8 Å². The Morgan fingerprint density at radius 1 is 0.962 bits per heavy atom.